The molecule has 0 spiro atoms. The molecule has 0 bridgehead atoms. The van der Waals surface area contributed by atoms with Crippen molar-refractivity contribution in [2.75, 3.05) is 46.1 Å². The van der Waals surface area contributed by atoms with Crippen molar-refractivity contribution in [2.45, 2.75) is 129 Å². The Balaban J connectivity index is 0.000000304. The van der Waals surface area contributed by atoms with Gasteiger partial charge in [0, 0.05) is 76.6 Å². The fraction of sp³-hybridized carbons (Fsp3) is 0.643. The Labute approximate surface area is 347 Å². The van der Waals surface area contributed by atoms with Crippen molar-refractivity contribution in [1.29, 1.82) is 0 Å². The molecule has 311 valence electrons. The average Bonchev–Trinajstić information content (AvgIpc) is 3.89. The van der Waals surface area contributed by atoms with Gasteiger partial charge in [0.2, 0.25) is 5.91 Å². The first kappa shape index (κ1) is 49.1. The molecule has 11 nitrogen and oxygen atoms in total. The van der Waals surface area contributed by atoms with Crippen LogP contribution in [0.15, 0.2) is 48.5 Å². The van der Waals surface area contributed by atoms with E-state index in [1.54, 1.807) is 6.92 Å². The predicted molar refractivity (Wildman–Crippen MR) is 225 cm³/mol. The number of amides is 3. The Kier molecular flexibility index (Phi) is 21.1. The number of piperazine rings is 2. The molecule has 0 unspecified atom stereocenters. The maximum atomic E-state index is 12.3. The van der Waals surface area contributed by atoms with Crippen molar-refractivity contribution in [3.63, 3.8) is 0 Å². The quantitative estimate of drug-likeness (QED) is 0.302. The standard InChI is InChI=1S/C17H23ClN2O3.C17H25ClN2O2.2C4H8O.B/c1-11-15(21)19-14(9-12-5-7-13(18)8-6-12)10-20(11)16(22)23-17(2,3)4;1-12-10-19-15(9-13-5-7-14(18)8-6-13)11-20(12)16(21)22-17(2,3)4;2*1-2-4-5-3-1;/h5-8,11,14H,9-10H2,1-4H3,(H,19,21);5-8,12,15,19H,9-11H2,1-4H3;2*1-4H2;/t11-,14-;12-,15-;;;/m00.../s1. The molecule has 4 aliphatic rings. The molecule has 2 aromatic carbocycles. The fourth-order valence-corrected chi connectivity index (χ4v) is 6.30. The van der Waals surface area contributed by atoms with Crippen LogP contribution in [-0.4, -0.2) is 118 Å². The summed E-state index contributed by atoms with van der Waals surface area (Å²) in [5.74, 6) is -0.166. The number of hydrogen-bond donors (Lipinski definition) is 2. The zero-order chi connectivity index (χ0) is 40.6. The minimum absolute atomic E-state index is 0. The van der Waals surface area contributed by atoms with E-state index >= 15 is 0 Å². The van der Waals surface area contributed by atoms with E-state index in [1.165, 1.54) is 36.1 Å². The van der Waals surface area contributed by atoms with Crippen LogP contribution in [0.1, 0.15) is 92.2 Å². The number of halogens is 2. The summed E-state index contributed by atoms with van der Waals surface area (Å²) in [6.07, 6.45) is 5.92. The lowest BCUT2D eigenvalue weighted by molar-refractivity contribution is -0.129. The lowest BCUT2D eigenvalue weighted by atomic mass is 10.0. The number of carbonyl (C=O) groups is 3. The number of nitrogens with one attached hydrogen (secondary N) is 2. The fourth-order valence-electron chi connectivity index (χ4n) is 6.05. The molecular weight excluding hydrogens is 754 g/mol. The molecule has 0 aliphatic carbocycles. The summed E-state index contributed by atoms with van der Waals surface area (Å²) in [4.78, 5) is 40.1. The molecule has 3 radical (unpaired) electrons. The molecule has 14 heteroatoms. The van der Waals surface area contributed by atoms with E-state index < -0.39 is 23.3 Å². The van der Waals surface area contributed by atoms with Crippen molar-refractivity contribution in [2.24, 2.45) is 0 Å². The van der Waals surface area contributed by atoms with Gasteiger partial charge in [-0.05, 0) is 129 Å². The highest BCUT2D eigenvalue weighted by Gasteiger charge is 2.37. The van der Waals surface area contributed by atoms with Gasteiger partial charge in [0.15, 0.2) is 0 Å². The average molecular weight is 819 g/mol. The van der Waals surface area contributed by atoms with Crippen molar-refractivity contribution in [3.05, 3.63) is 69.7 Å². The van der Waals surface area contributed by atoms with E-state index in [2.05, 4.69) is 10.6 Å². The first-order chi connectivity index (χ1) is 25.9. The van der Waals surface area contributed by atoms with Crippen molar-refractivity contribution in [1.82, 2.24) is 20.4 Å². The van der Waals surface area contributed by atoms with Crippen LogP contribution in [0.4, 0.5) is 9.59 Å². The lowest BCUT2D eigenvalue weighted by Crippen LogP contribution is -2.61. The van der Waals surface area contributed by atoms with Gasteiger partial charge in [0.25, 0.3) is 0 Å². The largest absolute Gasteiger partial charge is 0.444 e. The molecule has 4 aliphatic heterocycles. The van der Waals surface area contributed by atoms with Gasteiger partial charge in [-0.3, -0.25) is 9.69 Å². The van der Waals surface area contributed by atoms with Gasteiger partial charge >= 0.3 is 12.2 Å². The minimum Gasteiger partial charge on any atom is -0.444 e. The SMILES string of the molecule is C1CCOC1.C1CCOC1.C[C@H]1C(=O)N[C@@H](Cc2ccc(Cl)cc2)CN1C(=O)OC(C)(C)C.C[C@H]1CN[C@@H](Cc2ccc(Cl)cc2)CN1C(=O)OC(C)(C)C.[B]. The van der Waals surface area contributed by atoms with Gasteiger partial charge in [-0.15, -0.1) is 0 Å². The van der Waals surface area contributed by atoms with Crippen LogP contribution >= 0.6 is 23.2 Å². The van der Waals surface area contributed by atoms with E-state index in [1.807, 2.05) is 102 Å². The smallest absolute Gasteiger partial charge is 0.411 e. The van der Waals surface area contributed by atoms with Crippen molar-refractivity contribution < 1.29 is 33.3 Å². The zero-order valence-electron chi connectivity index (χ0n) is 34.7. The maximum absolute atomic E-state index is 12.3. The number of rotatable bonds is 4. The third-order valence-corrected chi connectivity index (χ3v) is 9.47. The van der Waals surface area contributed by atoms with Gasteiger partial charge in [-0.1, -0.05) is 47.5 Å². The summed E-state index contributed by atoms with van der Waals surface area (Å²) < 4.78 is 20.8. The Bertz CT molecular complexity index is 1440. The molecule has 2 aromatic rings. The van der Waals surface area contributed by atoms with Gasteiger partial charge < -0.3 is 34.5 Å². The molecule has 0 aromatic heterocycles. The summed E-state index contributed by atoms with van der Waals surface area (Å²) >= 11 is 11.8. The van der Waals surface area contributed by atoms with Gasteiger partial charge in [-0.2, -0.15) is 0 Å². The summed E-state index contributed by atoms with van der Waals surface area (Å²) in [6.45, 7) is 20.7. The topological polar surface area (TPSA) is 119 Å². The number of ether oxygens (including phenoxy) is 4. The number of hydrogen-bond acceptors (Lipinski definition) is 8. The number of nitrogens with zero attached hydrogens (tertiary/aromatic N) is 2. The van der Waals surface area contributed by atoms with Crippen LogP contribution in [0.2, 0.25) is 10.0 Å². The third kappa shape index (κ3) is 18.9. The van der Waals surface area contributed by atoms with Crippen LogP contribution in [0, 0.1) is 0 Å². The summed E-state index contributed by atoms with van der Waals surface area (Å²) in [6, 6.07) is 15.0. The Morgan fingerprint density at radius 3 is 1.48 bits per heavy atom. The Hall–Kier alpha value is -3.03. The summed E-state index contributed by atoms with van der Waals surface area (Å²) in [5.41, 5.74) is 1.21. The highest BCUT2D eigenvalue weighted by Crippen LogP contribution is 2.20. The highest BCUT2D eigenvalue weighted by atomic mass is 35.5. The molecular formula is C42H64BCl2N4O7. The summed E-state index contributed by atoms with van der Waals surface area (Å²) in [5, 5.41) is 7.86. The van der Waals surface area contributed by atoms with Crippen LogP contribution < -0.4 is 10.6 Å². The third-order valence-electron chi connectivity index (χ3n) is 8.96. The number of carbonyl (C=O) groups excluding carboxylic acids is 3. The number of benzene rings is 2. The Morgan fingerprint density at radius 2 is 1.09 bits per heavy atom. The van der Waals surface area contributed by atoms with Gasteiger partial charge in [0.1, 0.15) is 17.2 Å². The summed E-state index contributed by atoms with van der Waals surface area (Å²) in [7, 11) is 0. The zero-order valence-corrected chi connectivity index (χ0v) is 36.2. The molecule has 56 heavy (non-hydrogen) atoms. The van der Waals surface area contributed by atoms with E-state index in [9.17, 15) is 14.4 Å². The first-order valence-electron chi connectivity index (χ1n) is 19.6. The minimum atomic E-state index is -0.587. The van der Waals surface area contributed by atoms with E-state index in [0.717, 1.165) is 50.0 Å². The predicted octanol–water partition coefficient (Wildman–Crippen LogP) is 7.70. The molecule has 6 rings (SSSR count). The van der Waals surface area contributed by atoms with Crippen LogP contribution in [-0.2, 0) is 36.6 Å². The molecule has 0 saturated carbocycles. The van der Waals surface area contributed by atoms with E-state index in [4.69, 9.17) is 42.1 Å². The molecule has 2 N–H and O–H groups in total. The van der Waals surface area contributed by atoms with Crippen LogP contribution in [0.5, 0.6) is 0 Å². The Morgan fingerprint density at radius 1 is 0.696 bits per heavy atom. The van der Waals surface area contributed by atoms with Gasteiger partial charge in [-0.25, -0.2) is 9.59 Å². The van der Waals surface area contributed by atoms with E-state index in [0.29, 0.717) is 24.5 Å². The van der Waals surface area contributed by atoms with Gasteiger partial charge in [0.05, 0.1) is 6.04 Å². The molecule has 4 saturated heterocycles. The lowest BCUT2D eigenvalue weighted by Gasteiger charge is -2.39. The second-order valence-electron chi connectivity index (χ2n) is 16.4. The second kappa shape index (κ2) is 24.0. The highest BCUT2D eigenvalue weighted by molar-refractivity contribution is 6.30. The normalized spacial score (nSPS) is 22.1. The van der Waals surface area contributed by atoms with Crippen molar-refractivity contribution >= 4 is 49.7 Å². The molecule has 4 atom stereocenters. The van der Waals surface area contributed by atoms with E-state index in [-0.39, 0.29) is 38.5 Å². The van der Waals surface area contributed by atoms with Crippen molar-refractivity contribution in [3.8, 4) is 0 Å². The maximum Gasteiger partial charge on any atom is 0.411 e. The molecule has 4 heterocycles. The molecule has 3 amide bonds. The van der Waals surface area contributed by atoms with Crippen LogP contribution in [0.3, 0.4) is 0 Å². The monoisotopic (exact) mass is 817 g/mol. The second-order valence-corrected chi connectivity index (χ2v) is 17.3. The first-order valence-corrected chi connectivity index (χ1v) is 20.3. The molecule has 4 fully saturated rings. The van der Waals surface area contributed by atoms with Crippen LogP contribution in [0.25, 0.3) is 0 Å².